The first-order valence-corrected chi connectivity index (χ1v) is 5.89. The molecule has 1 aromatic carbocycles. The molecule has 2 aromatic rings. The van der Waals surface area contributed by atoms with Gasteiger partial charge in [0.15, 0.2) is 0 Å². The summed E-state index contributed by atoms with van der Waals surface area (Å²) in [6.45, 7) is 0.699. The van der Waals surface area contributed by atoms with Gasteiger partial charge < -0.3 is 15.8 Å². The molecule has 0 saturated carbocycles. The summed E-state index contributed by atoms with van der Waals surface area (Å²) in [6.07, 6.45) is 4.10. The fourth-order valence-electron chi connectivity index (χ4n) is 2.12. The zero-order valence-electron chi connectivity index (χ0n) is 9.84. The summed E-state index contributed by atoms with van der Waals surface area (Å²) >= 11 is 0. The summed E-state index contributed by atoms with van der Waals surface area (Å²) in [6, 6.07) is 8.21. The van der Waals surface area contributed by atoms with Crippen LogP contribution in [-0.4, -0.2) is 16.6 Å². The van der Waals surface area contributed by atoms with E-state index in [2.05, 4.69) is 21.4 Å². The Hall–Kier alpha value is -2.30. The Morgan fingerprint density at radius 1 is 1.28 bits per heavy atom. The Labute approximate surface area is 105 Å². The molecule has 0 aliphatic carbocycles. The molecule has 1 atom stereocenters. The van der Waals surface area contributed by atoms with Crippen molar-refractivity contribution in [2.45, 2.75) is 12.5 Å². The Kier molecular flexibility index (Phi) is 2.72. The van der Waals surface area contributed by atoms with Crippen molar-refractivity contribution in [2.75, 3.05) is 17.7 Å². The molecule has 1 unspecified atom stereocenters. The van der Waals surface area contributed by atoms with Gasteiger partial charge in [-0.2, -0.15) is 0 Å². The monoisotopic (exact) mass is 242 g/mol. The number of para-hydroxylation sites is 1. The fraction of sp³-hybridized carbons (Fsp3) is 0.231. The van der Waals surface area contributed by atoms with Gasteiger partial charge in [-0.25, -0.2) is 4.98 Å². The summed E-state index contributed by atoms with van der Waals surface area (Å²) < 4.78 is 5.61. The van der Waals surface area contributed by atoms with Crippen LogP contribution in [0.15, 0.2) is 36.7 Å². The van der Waals surface area contributed by atoms with E-state index in [0.717, 1.165) is 17.7 Å². The number of nitrogens with zero attached hydrogens (tertiary/aromatic N) is 2. The molecule has 3 N–H and O–H groups in total. The number of hydrogen-bond donors (Lipinski definition) is 2. The molecule has 1 aliphatic rings. The SMILES string of the molecule is Nc1cncc(NC2CCOc3ccccc32)n1. The van der Waals surface area contributed by atoms with E-state index in [1.807, 2.05) is 18.2 Å². The third-order valence-electron chi connectivity index (χ3n) is 2.93. The van der Waals surface area contributed by atoms with Gasteiger partial charge in [0.2, 0.25) is 0 Å². The topological polar surface area (TPSA) is 73.1 Å². The van der Waals surface area contributed by atoms with Gasteiger partial charge in [-0.05, 0) is 6.07 Å². The first-order valence-electron chi connectivity index (χ1n) is 5.89. The number of nitrogens with two attached hydrogens (primary N) is 1. The van der Waals surface area contributed by atoms with E-state index in [-0.39, 0.29) is 6.04 Å². The predicted molar refractivity (Wildman–Crippen MR) is 69.4 cm³/mol. The third-order valence-corrected chi connectivity index (χ3v) is 2.93. The second-order valence-corrected chi connectivity index (χ2v) is 4.20. The van der Waals surface area contributed by atoms with Crippen LogP contribution >= 0.6 is 0 Å². The molecule has 5 heteroatoms. The van der Waals surface area contributed by atoms with Crippen molar-refractivity contribution in [3.63, 3.8) is 0 Å². The number of ether oxygens (including phenoxy) is 1. The van der Waals surface area contributed by atoms with E-state index in [4.69, 9.17) is 10.5 Å². The number of hydrogen-bond acceptors (Lipinski definition) is 5. The molecular formula is C13H14N4O. The minimum Gasteiger partial charge on any atom is -0.493 e. The molecule has 18 heavy (non-hydrogen) atoms. The van der Waals surface area contributed by atoms with Crippen LogP contribution in [0.2, 0.25) is 0 Å². The van der Waals surface area contributed by atoms with Crippen LogP contribution in [0.5, 0.6) is 5.75 Å². The molecule has 2 heterocycles. The van der Waals surface area contributed by atoms with Crippen LogP contribution < -0.4 is 15.8 Å². The summed E-state index contributed by atoms with van der Waals surface area (Å²) in [5, 5.41) is 3.34. The minimum atomic E-state index is 0.186. The number of aromatic nitrogens is 2. The van der Waals surface area contributed by atoms with Gasteiger partial charge in [0, 0.05) is 12.0 Å². The number of anilines is 2. The van der Waals surface area contributed by atoms with Gasteiger partial charge in [0.1, 0.15) is 17.4 Å². The van der Waals surface area contributed by atoms with Crippen LogP contribution in [0.25, 0.3) is 0 Å². The largest absolute Gasteiger partial charge is 0.493 e. The van der Waals surface area contributed by atoms with E-state index in [1.165, 1.54) is 6.20 Å². The van der Waals surface area contributed by atoms with E-state index in [9.17, 15) is 0 Å². The van der Waals surface area contributed by atoms with E-state index < -0.39 is 0 Å². The van der Waals surface area contributed by atoms with Crippen molar-refractivity contribution in [2.24, 2.45) is 0 Å². The second kappa shape index (κ2) is 4.52. The van der Waals surface area contributed by atoms with Gasteiger partial charge in [0.25, 0.3) is 0 Å². The van der Waals surface area contributed by atoms with Crippen LogP contribution in [-0.2, 0) is 0 Å². The van der Waals surface area contributed by atoms with E-state index in [0.29, 0.717) is 18.2 Å². The minimum absolute atomic E-state index is 0.186. The first-order chi connectivity index (χ1) is 8.83. The third kappa shape index (κ3) is 2.07. The molecule has 0 saturated heterocycles. The average Bonchev–Trinajstić information content (AvgIpc) is 2.39. The molecule has 0 spiro atoms. The van der Waals surface area contributed by atoms with E-state index >= 15 is 0 Å². The van der Waals surface area contributed by atoms with Gasteiger partial charge in [-0.15, -0.1) is 0 Å². The summed E-state index contributed by atoms with van der Waals surface area (Å²) in [5.41, 5.74) is 6.77. The molecule has 1 aromatic heterocycles. The van der Waals surface area contributed by atoms with Crippen molar-refractivity contribution in [1.82, 2.24) is 9.97 Å². The molecule has 0 radical (unpaired) electrons. The number of nitrogen functional groups attached to an aromatic ring is 1. The second-order valence-electron chi connectivity index (χ2n) is 4.20. The number of fused-ring (bicyclic) bond motifs is 1. The van der Waals surface area contributed by atoms with Crippen molar-refractivity contribution in [3.8, 4) is 5.75 Å². The highest BCUT2D eigenvalue weighted by molar-refractivity contribution is 5.45. The Morgan fingerprint density at radius 3 is 3.06 bits per heavy atom. The maximum absolute atomic E-state index is 5.62. The van der Waals surface area contributed by atoms with Crippen LogP contribution in [0.1, 0.15) is 18.0 Å². The molecule has 0 amide bonds. The van der Waals surface area contributed by atoms with Gasteiger partial charge in [0.05, 0.1) is 25.0 Å². The van der Waals surface area contributed by atoms with Crippen LogP contribution in [0.3, 0.4) is 0 Å². The molecule has 0 bridgehead atoms. The van der Waals surface area contributed by atoms with E-state index in [1.54, 1.807) is 6.20 Å². The smallest absolute Gasteiger partial charge is 0.147 e. The maximum atomic E-state index is 5.62. The number of nitrogens with one attached hydrogen (secondary N) is 1. The summed E-state index contributed by atoms with van der Waals surface area (Å²) in [4.78, 5) is 8.23. The Bertz CT molecular complexity index is 558. The normalized spacial score (nSPS) is 17.7. The highest BCUT2D eigenvalue weighted by Crippen LogP contribution is 2.33. The maximum Gasteiger partial charge on any atom is 0.147 e. The zero-order chi connectivity index (χ0) is 12.4. The standard InChI is InChI=1S/C13H14N4O/c14-12-7-15-8-13(17-12)16-10-5-6-18-11-4-2-1-3-9(10)11/h1-4,7-8,10H,5-6H2,(H3,14,16,17). The lowest BCUT2D eigenvalue weighted by atomic mass is 10.0. The summed E-state index contributed by atoms with van der Waals surface area (Å²) in [5.74, 6) is 2.04. The molecular weight excluding hydrogens is 228 g/mol. The quantitative estimate of drug-likeness (QED) is 0.842. The van der Waals surface area contributed by atoms with Crippen molar-refractivity contribution in [3.05, 3.63) is 42.2 Å². The first kappa shape index (κ1) is 10.8. The lowest BCUT2D eigenvalue weighted by Crippen LogP contribution is -2.20. The number of benzene rings is 1. The molecule has 3 rings (SSSR count). The summed E-state index contributed by atoms with van der Waals surface area (Å²) in [7, 11) is 0. The predicted octanol–water partition coefficient (Wildman–Crippen LogP) is 1.99. The zero-order valence-corrected chi connectivity index (χ0v) is 9.84. The highest BCUT2D eigenvalue weighted by atomic mass is 16.5. The lowest BCUT2D eigenvalue weighted by molar-refractivity contribution is 0.274. The molecule has 92 valence electrons. The highest BCUT2D eigenvalue weighted by Gasteiger charge is 2.21. The number of rotatable bonds is 2. The van der Waals surface area contributed by atoms with Crippen molar-refractivity contribution < 1.29 is 4.74 Å². The van der Waals surface area contributed by atoms with Crippen LogP contribution in [0.4, 0.5) is 11.6 Å². The fourth-order valence-corrected chi connectivity index (χ4v) is 2.12. The molecule has 1 aliphatic heterocycles. The molecule has 5 nitrogen and oxygen atoms in total. The molecule has 0 fully saturated rings. The van der Waals surface area contributed by atoms with Crippen LogP contribution in [0, 0.1) is 0 Å². The van der Waals surface area contributed by atoms with Crippen molar-refractivity contribution in [1.29, 1.82) is 0 Å². The Balaban J connectivity index is 1.86. The van der Waals surface area contributed by atoms with Gasteiger partial charge >= 0.3 is 0 Å². The van der Waals surface area contributed by atoms with Gasteiger partial charge in [-0.3, -0.25) is 4.98 Å². The van der Waals surface area contributed by atoms with Crippen molar-refractivity contribution >= 4 is 11.6 Å². The average molecular weight is 242 g/mol. The Morgan fingerprint density at radius 2 is 2.17 bits per heavy atom. The lowest BCUT2D eigenvalue weighted by Gasteiger charge is -2.26. The van der Waals surface area contributed by atoms with Gasteiger partial charge in [-0.1, -0.05) is 18.2 Å².